The van der Waals surface area contributed by atoms with Crippen LogP contribution in [0, 0.1) is 0 Å². The van der Waals surface area contributed by atoms with Crippen LogP contribution >= 0.6 is 0 Å². The predicted octanol–water partition coefficient (Wildman–Crippen LogP) is 3.66. The van der Waals surface area contributed by atoms with Crippen LogP contribution in [0.5, 0.6) is 0 Å². The van der Waals surface area contributed by atoms with E-state index in [0.29, 0.717) is 17.1 Å². The molecular weight excluding hydrogens is 228 g/mol. The molecule has 0 radical (unpaired) electrons. The van der Waals surface area contributed by atoms with E-state index in [4.69, 9.17) is 9.15 Å². The van der Waals surface area contributed by atoms with Crippen molar-refractivity contribution in [3.63, 3.8) is 0 Å². The molecule has 1 aliphatic heterocycles. The van der Waals surface area contributed by atoms with Crippen molar-refractivity contribution in [2.45, 2.75) is 39.2 Å². The van der Waals surface area contributed by atoms with Gasteiger partial charge in [-0.3, -0.25) is 0 Å². The van der Waals surface area contributed by atoms with Crippen LogP contribution in [0.4, 0.5) is 0 Å². The van der Waals surface area contributed by atoms with E-state index in [0.717, 1.165) is 23.1 Å². The Bertz CT molecular complexity index is 622. The Morgan fingerprint density at radius 3 is 2.83 bits per heavy atom. The maximum Gasteiger partial charge on any atom is 0.342 e. The van der Waals surface area contributed by atoms with E-state index in [1.807, 2.05) is 25.1 Å². The SMILES string of the molecule is CC(C)c1cc2ccc3c(c2o1)C(=O)O[C@H](C)C3. The molecule has 2 heterocycles. The maximum absolute atomic E-state index is 12.0. The Morgan fingerprint density at radius 1 is 1.33 bits per heavy atom. The maximum atomic E-state index is 12.0. The number of hydrogen-bond donors (Lipinski definition) is 0. The predicted molar refractivity (Wildman–Crippen MR) is 68.9 cm³/mol. The molecule has 18 heavy (non-hydrogen) atoms. The van der Waals surface area contributed by atoms with E-state index in [1.54, 1.807) is 0 Å². The number of benzene rings is 1. The van der Waals surface area contributed by atoms with E-state index in [1.165, 1.54) is 0 Å². The van der Waals surface area contributed by atoms with Gasteiger partial charge in [0.15, 0.2) is 0 Å². The van der Waals surface area contributed by atoms with Gasteiger partial charge in [-0.1, -0.05) is 26.0 Å². The summed E-state index contributed by atoms with van der Waals surface area (Å²) < 4.78 is 11.1. The van der Waals surface area contributed by atoms with Gasteiger partial charge in [0.25, 0.3) is 0 Å². The van der Waals surface area contributed by atoms with Crippen molar-refractivity contribution >= 4 is 16.9 Å². The van der Waals surface area contributed by atoms with Gasteiger partial charge in [-0.05, 0) is 18.6 Å². The summed E-state index contributed by atoms with van der Waals surface area (Å²) >= 11 is 0. The zero-order valence-corrected chi connectivity index (χ0v) is 10.8. The molecule has 3 heteroatoms. The molecule has 1 aliphatic rings. The molecule has 94 valence electrons. The number of carbonyl (C=O) groups excluding carboxylic acids is 1. The van der Waals surface area contributed by atoms with Gasteiger partial charge in [0.2, 0.25) is 0 Å². The van der Waals surface area contributed by atoms with Gasteiger partial charge in [-0.25, -0.2) is 4.79 Å². The number of fused-ring (bicyclic) bond motifs is 3. The second-order valence-electron chi connectivity index (χ2n) is 5.24. The van der Waals surface area contributed by atoms with Crippen LogP contribution in [0.2, 0.25) is 0 Å². The molecule has 1 atom stereocenters. The van der Waals surface area contributed by atoms with Gasteiger partial charge in [-0.15, -0.1) is 0 Å². The third kappa shape index (κ3) is 1.62. The second-order valence-corrected chi connectivity index (χ2v) is 5.24. The lowest BCUT2D eigenvalue weighted by atomic mass is 9.97. The van der Waals surface area contributed by atoms with Gasteiger partial charge in [0.05, 0.1) is 0 Å². The summed E-state index contributed by atoms with van der Waals surface area (Å²) in [6.07, 6.45) is 0.705. The molecule has 0 fully saturated rings. The fourth-order valence-electron chi connectivity index (χ4n) is 2.44. The molecule has 0 spiro atoms. The minimum atomic E-state index is -0.265. The lowest BCUT2D eigenvalue weighted by Gasteiger charge is -2.21. The van der Waals surface area contributed by atoms with Crippen LogP contribution in [-0.2, 0) is 11.2 Å². The van der Waals surface area contributed by atoms with E-state index < -0.39 is 0 Å². The molecule has 1 aromatic carbocycles. The minimum absolute atomic E-state index is 0.0537. The van der Waals surface area contributed by atoms with E-state index in [-0.39, 0.29) is 12.1 Å². The molecule has 1 aromatic heterocycles. The number of esters is 1. The molecule has 0 saturated heterocycles. The Balaban J connectivity index is 2.25. The van der Waals surface area contributed by atoms with Gasteiger partial charge < -0.3 is 9.15 Å². The van der Waals surface area contributed by atoms with Gasteiger partial charge in [0, 0.05) is 17.7 Å². The van der Waals surface area contributed by atoms with Crippen LogP contribution in [-0.4, -0.2) is 12.1 Å². The first-order valence-corrected chi connectivity index (χ1v) is 6.32. The first kappa shape index (κ1) is 11.3. The van der Waals surface area contributed by atoms with Crippen molar-refractivity contribution in [1.29, 1.82) is 0 Å². The first-order valence-electron chi connectivity index (χ1n) is 6.32. The summed E-state index contributed by atoms with van der Waals surface area (Å²) in [5.74, 6) is 0.954. The fourth-order valence-corrected chi connectivity index (χ4v) is 2.44. The van der Waals surface area contributed by atoms with Crippen LogP contribution in [0.1, 0.15) is 48.4 Å². The molecule has 0 N–H and O–H groups in total. The quantitative estimate of drug-likeness (QED) is 0.719. The number of cyclic esters (lactones) is 1. The van der Waals surface area contributed by atoms with Crippen molar-refractivity contribution < 1.29 is 13.9 Å². The monoisotopic (exact) mass is 244 g/mol. The van der Waals surface area contributed by atoms with Crippen LogP contribution < -0.4 is 0 Å². The summed E-state index contributed by atoms with van der Waals surface area (Å²) in [6.45, 7) is 6.06. The minimum Gasteiger partial charge on any atom is -0.460 e. The Hall–Kier alpha value is -1.77. The number of rotatable bonds is 1. The highest BCUT2D eigenvalue weighted by molar-refractivity contribution is 6.04. The molecule has 3 nitrogen and oxygen atoms in total. The van der Waals surface area contributed by atoms with Gasteiger partial charge >= 0.3 is 5.97 Å². The lowest BCUT2D eigenvalue weighted by Crippen LogP contribution is -2.25. The van der Waals surface area contributed by atoms with E-state index in [2.05, 4.69) is 13.8 Å². The molecule has 0 bridgehead atoms. The standard InChI is InChI=1S/C15H16O3/c1-8(2)12-7-11-5-4-10-6-9(3)17-15(16)13(10)14(11)18-12/h4-5,7-9H,6H2,1-3H3/t9-/m1/s1. The molecule has 3 rings (SSSR count). The topological polar surface area (TPSA) is 39.4 Å². The highest BCUT2D eigenvalue weighted by Gasteiger charge is 2.27. The highest BCUT2D eigenvalue weighted by atomic mass is 16.5. The molecule has 0 amide bonds. The Labute approximate surface area is 106 Å². The number of ether oxygens (including phenoxy) is 1. The Morgan fingerprint density at radius 2 is 2.11 bits per heavy atom. The van der Waals surface area contributed by atoms with Crippen molar-refractivity contribution in [2.75, 3.05) is 0 Å². The molecule has 0 unspecified atom stereocenters. The zero-order valence-electron chi connectivity index (χ0n) is 10.8. The van der Waals surface area contributed by atoms with Crippen molar-refractivity contribution in [2.24, 2.45) is 0 Å². The van der Waals surface area contributed by atoms with Crippen molar-refractivity contribution in [3.05, 3.63) is 35.1 Å². The normalized spacial score (nSPS) is 19.1. The summed E-state index contributed by atoms with van der Waals surface area (Å²) in [6, 6.07) is 6.04. The fraction of sp³-hybridized carbons (Fsp3) is 0.400. The number of hydrogen-bond acceptors (Lipinski definition) is 3. The Kier molecular flexibility index (Phi) is 2.44. The molecule has 2 aromatic rings. The third-order valence-electron chi connectivity index (χ3n) is 3.38. The van der Waals surface area contributed by atoms with Crippen LogP contribution in [0.3, 0.4) is 0 Å². The summed E-state index contributed by atoms with van der Waals surface area (Å²) in [7, 11) is 0. The summed E-state index contributed by atoms with van der Waals surface area (Å²) in [5.41, 5.74) is 2.31. The number of furan rings is 1. The smallest absolute Gasteiger partial charge is 0.342 e. The van der Waals surface area contributed by atoms with Gasteiger partial charge in [0.1, 0.15) is 23.0 Å². The van der Waals surface area contributed by atoms with Crippen molar-refractivity contribution in [1.82, 2.24) is 0 Å². The van der Waals surface area contributed by atoms with Crippen molar-refractivity contribution in [3.8, 4) is 0 Å². The number of carbonyl (C=O) groups is 1. The average Bonchev–Trinajstić information content (AvgIpc) is 2.71. The van der Waals surface area contributed by atoms with Crippen LogP contribution in [0.15, 0.2) is 22.6 Å². The zero-order chi connectivity index (χ0) is 12.9. The summed E-state index contributed by atoms with van der Waals surface area (Å²) in [5, 5.41) is 0.976. The molecule has 0 aliphatic carbocycles. The van der Waals surface area contributed by atoms with E-state index >= 15 is 0 Å². The largest absolute Gasteiger partial charge is 0.460 e. The lowest BCUT2D eigenvalue weighted by molar-refractivity contribution is 0.0303. The summed E-state index contributed by atoms with van der Waals surface area (Å²) in [4.78, 5) is 12.0. The van der Waals surface area contributed by atoms with E-state index in [9.17, 15) is 4.79 Å². The third-order valence-corrected chi connectivity index (χ3v) is 3.38. The first-order chi connectivity index (χ1) is 8.56. The highest BCUT2D eigenvalue weighted by Crippen LogP contribution is 2.32. The van der Waals surface area contributed by atoms with Crippen LogP contribution in [0.25, 0.3) is 11.0 Å². The molecule has 0 saturated carbocycles. The molecular formula is C15H16O3. The second kappa shape index (κ2) is 3.87. The average molecular weight is 244 g/mol. The van der Waals surface area contributed by atoms with Gasteiger partial charge in [-0.2, -0.15) is 0 Å².